The molecule has 0 saturated carbocycles. The summed E-state index contributed by atoms with van der Waals surface area (Å²) in [5, 5.41) is 20.9. The van der Waals surface area contributed by atoms with E-state index in [1.54, 1.807) is 6.21 Å². The van der Waals surface area contributed by atoms with Gasteiger partial charge in [-0.25, -0.2) is 10.4 Å². The van der Waals surface area contributed by atoms with E-state index in [1.165, 1.54) is 6.33 Å². The number of carbonyl (C=O) groups is 2. The molecule has 0 aliphatic rings. The predicted octanol–water partition coefficient (Wildman–Crippen LogP) is 0.667. The predicted molar refractivity (Wildman–Crippen MR) is 104 cm³/mol. The summed E-state index contributed by atoms with van der Waals surface area (Å²) in [6.07, 6.45) is 2.77. The molecule has 3 rings (SSSR count). The lowest BCUT2D eigenvalue weighted by atomic mass is 10.2. The van der Waals surface area contributed by atoms with Crippen LogP contribution in [0.2, 0.25) is 0 Å². The third-order valence-electron chi connectivity index (χ3n) is 3.44. The lowest BCUT2D eigenvalue weighted by molar-refractivity contribution is -0.120. The molecule has 0 aliphatic heterocycles. The lowest BCUT2D eigenvalue weighted by Gasteiger charge is -2.11. The van der Waals surface area contributed by atoms with Crippen LogP contribution < -0.4 is 15.6 Å². The second kappa shape index (κ2) is 8.81. The smallest absolute Gasteiger partial charge is 0.294 e. The van der Waals surface area contributed by atoms with Crippen LogP contribution in [0.4, 0.5) is 10.8 Å². The molecule has 1 aromatic carbocycles. The van der Waals surface area contributed by atoms with Gasteiger partial charge in [-0.2, -0.15) is 10.2 Å². The quantitative estimate of drug-likeness (QED) is 0.391. The van der Waals surface area contributed by atoms with Gasteiger partial charge < -0.3 is 4.90 Å². The highest BCUT2D eigenvalue weighted by Gasteiger charge is 2.14. The van der Waals surface area contributed by atoms with Gasteiger partial charge in [0.05, 0.1) is 12.6 Å². The highest BCUT2D eigenvalue weighted by molar-refractivity contribution is 7.15. The van der Waals surface area contributed by atoms with E-state index in [4.69, 9.17) is 0 Å². The van der Waals surface area contributed by atoms with Crippen LogP contribution in [0.3, 0.4) is 0 Å². The third kappa shape index (κ3) is 5.17. The van der Waals surface area contributed by atoms with Crippen LogP contribution in [0.15, 0.2) is 35.7 Å². The maximum absolute atomic E-state index is 12.0. The molecule has 3 aromatic rings. The highest BCUT2D eigenvalue weighted by atomic mass is 32.1. The molecular weight excluding hydrogens is 382 g/mol. The molecule has 0 radical (unpaired) electrons. The number of hydrazone groups is 1. The van der Waals surface area contributed by atoms with E-state index < -0.39 is 5.91 Å². The van der Waals surface area contributed by atoms with Gasteiger partial charge in [0, 0.05) is 19.8 Å². The lowest BCUT2D eigenvalue weighted by Crippen LogP contribution is -2.19. The van der Waals surface area contributed by atoms with Gasteiger partial charge in [-0.05, 0) is 17.7 Å². The van der Waals surface area contributed by atoms with Crippen molar-refractivity contribution in [3.63, 3.8) is 0 Å². The van der Waals surface area contributed by atoms with Crippen LogP contribution in [0.5, 0.6) is 0 Å². The molecule has 28 heavy (non-hydrogen) atoms. The van der Waals surface area contributed by atoms with Crippen molar-refractivity contribution in [2.24, 2.45) is 5.10 Å². The molecule has 0 unspecified atom stereocenters. The molecule has 0 aliphatic carbocycles. The minimum absolute atomic E-state index is 0.00719. The van der Waals surface area contributed by atoms with Crippen LogP contribution >= 0.6 is 11.3 Å². The number of aromatic nitrogens is 5. The van der Waals surface area contributed by atoms with E-state index in [9.17, 15) is 9.59 Å². The van der Waals surface area contributed by atoms with Gasteiger partial charge in [-0.3, -0.25) is 20.0 Å². The van der Waals surface area contributed by atoms with E-state index in [1.807, 2.05) is 43.3 Å². The average Bonchev–Trinajstić information content (AvgIpc) is 3.34. The Morgan fingerprint density at radius 3 is 2.71 bits per heavy atom. The summed E-state index contributed by atoms with van der Waals surface area (Å²) < 4.78 is 0. The second-order valence-electron chi connectivity index (χ2n) is 5.75. The Morgan fingerprint density at radius 1 is 1.25 bits per heavy atom. The van der Waals surface area contributed by atoms with Gasteiger partial charge >= 0.3 is 0 Å². The molecular formula is C16H17N9O2S. The molecule has 0 fully saturated rings. The number of carbonyl (C=O) groups excluding carboxylic acids is 2. The number of hydrogen-bond donors (Lipinski definition) is 3. The fraction of sp³-hybridized carbons (Fsp3) is 0.188. The van der Waals surface area contributed by atoms with Crippen LogP contribution in [0.1, 0.15) is 21.2 Å². The van der Waals surface area contributed by atoms with Crippen LogP contribution in [-0.2, 0) is 11.2 Å². The molecule has 0 bridgehead atoms. The van der Waals surface area contributed by atoms with Crippen molar-refractivity contribution in [1.82, 2.24) is 30.8 Å². The minimum atomic E-state index is -0.491. The molecule has 0 saturated heterocycles. The minimum Gasteiger partial charge on any atom is -0.378 e. The summed E-state index contributed by atoms with van der Waals surface area (Å²) in [5.74, 6) is -0.776. The Labute approximate surface area is 163 Å². The van der Waals surface area contributed by atoms with Gasteiger partial charge in [-0.1, -0.05) is 23.5 Å². The average molecular weight is 399 g/mol. The van der Waals surface area contributed by atoms with E-state index in [0.717, 1.165) is 22.6 Å². The number of hydrogen-bond acceptors (Lipinski definition) is 9. The first-order valence-electron chi connectivity index (χ1n) is 8.09. The number of nitrogens with one attached hydrogen (secondary N) is 3. The van der Waals surface area contributed by atoms with Crippen LogP contribution in [0, 0.1) is 0 Å². The molecule has 11 nitrogen and oxygen atoms in total. The first-order valence-corrected chi connectivity index (χ1v) is 8.91. The van der Waals surface area contributed by atoms with Crippen LogP contribution in [0.25, 0.3) is 0 Å². The zero-order chi connectivity index (χ0) is 19.9. The molecule has 2 heterocycles. The molecule has 0 atom stereocenters. The number of anilines is 2. The van der Waals surface area contributed by atoms with Crippen molar-refractivity contribution >= 4 is 40.2 Å². The summed E-state index contributed by atoms with van der Waals surface area (Å²) in [7, 11) is 3.92. The largest absolute Gasteiger partial charge is 0.378 e. The van der Waals surface area contributed by atoms with Gasteiger partial charge in [0.15, 0.2) is 0 Å². The fourth-order valence-electron chi connectivity index (χ4n) is 2.06. The van der Waals surface area contributed by atoms with Crippen molar-refractivity contribution < 1.29 is 9.59 Å². The van der Waals surface area contributed by atoms with Crippen molar-refractivity contribution in [3.05, 3.63) is 47.0 Å². The normalized spacial score (nSPS) is 10.8. The van der Waals surface area contributed by atoms with E-state index >= 15 is 0 Å². The monoisotopic (exact) mass is 399 g/mol. The summed E-state index contributed by atoms with van der Waals surface area (Å²) in [5.41, 5.74) is 4.37. The Morgan fingerprint density at radius 2 is 2.04 bits per heavy atom. The third-order valence-corrected chi connectivity index (χ3v) is 4.28. The van der Waals surface area contributed by atoms with Gasteiger partial charge in [0.1, 0.15) is 11.3 Å². The molecule has 12 heteroatoms. The first-order chi connectivity index (χ1) is 13.5. The number of benzene rings is 1. The number of aromatic amines is 1. The summed E-state index contributed by atoms with van der Waals surface area (Å²) in [6.45, 7) is 0. The molecule has 3 N–H and O–H groups in total. The van der Waals surface area contributed by atoms with Crippen molar-refractivity contribution in [2.45, 2.75) is 6.42 Å². The molecule has 0 spiro atoms. The zero-order valence-corrected chi connectivity index (χ0v) is 15.9. The van der Waals surface area contributed by atoms with Gasteiger partial charge in [-0.15, -0.1) is 10.2 Å². The summed E-state index contributed by atoms with van der Waals surface area (Å²) in [6, 6.07) is 7.72. The SMILES string of the molecule is CN(C)c1ccc(/C=N\NC(=O)Cc2nnc(NC(=O)c3ncn[nH]3)s2)cc1. The van der Waals surface area contributed by atoms with E-state index in [-0.39, 0.29) is 23.3 Å². The van der Waals surface area contributed by atoms with Gasteiger partial charge in [0.2, 0.25) is 16.9 Å². The Bertz CT molecular complexity index is 964. The highest BCUT2D eigenvalue weighted by Crippen LogP contribution is 2.16. The number of amides is 2. The van der Waals surface area contributed by atoms with E-state index in [0.29, 0.717) is 5.01 Å². The van der Waals surface area contributed by atoms with Crippen molar-refractivity contribution in [1.29, 1.82) is 0 Å². The second-order valence-corrected chi connectivity index (χ2v) is 6.81. The van der Waals surface area contributed by atoms with E-state index in [2.05, 4.69) is 41.2 Å². The maximum Gasteiger partial charge on any atom is 0.294 e. The number of rotatable bonds is 7. The number of H-pyrrole nitrogens is 1. The first kappa shape index (κ1) is 19.1. The van der Waals surface area contributed by atoms with Crippen molar-refractivity contribution in [3.8, 4) is 0 Å². The van der Waals surface area contributed by atoms with Crippen LogP contribution in [-0.4, -0.2) is 57.5 Å². The number of nitrogens with zero attached hydrogens (tertiary/aromatic N) is 6. The zero-order valence-electron chi connectivity index (χ0n) is 15.1. The Hall–Kier alpha value is -3.67. The van der Waals surface area contributed by atoms with Crippen molar-refractivity contribution in [2.75, 3.05) is 24.3 Å². The fourth-order valence-corrected chi connectivity index (χ4v) is 2.79. The molecule has 144 valence electrons. The Balaban J connectivity index is 1.48. The summed E-state index contributed by atoms with van der Waals surface area (Å²) >= 11 is 1.09. The standard InChI is InChI=1S/C16H17N9O2S/c1-25(2)11-5-3-10(4-6-11)8-18-21-12(26)7-13-22-24-16(28-13)20-15(27)14-17-9-19-23-14/h3-6,8-9H,7H2,1-2H3,(H,21,26)(H,17,19,23)(H,20,24,27)/b18-8-. The Kier molecular flexibility index (Phi) is 6.01. The summed E-state index contributed by atoms with van der Waals surface area (Å²) in [4.78, 5) is 29.5. The maximum atomic E-state index is 12.0. The molecule has 2 amide bonds. The molecule has 2 aromatic heterocycles. The van der Waals surface area contributed by atoms with Gasteiger partial charge in [0.25, 0.3) is 5.91 Å². The topological polar surface area (TPSA) is 141 Å².